The smallest absolute Gasteiger partial charge is 0.228 e. The molecule has 1 aromatic carbocycles. The van der Waals surface area contributed by atoms with E-state index in [1.807, 2.05) is 6.07 Å². The summed E-state index contributed by atoms with van der Waals surface area (Å²) in [5, 5.41) is 10.1. The summed E-state index contributed by atoms with van der Waals surface area (Å²) in [6.07, 6.45) is 6.52. The van der Waals surface area contributed by atoms with E-state index in [0.717, 1.165) is 68.5 Å². The fourth-order valence-electron chi connectivity index (χ4n) is 5.14. The van der Waals surface area contributed by atoms with Gasteiger partial charge in [-0.15, -0.1) is 10.2 Å². The van der Waals surface area contributed by atoms with Crippen molar-refractivity contribution in [2.24, 2.45) is 5.41 Å². The molecule has 158 valence electrons. The summed E-state index contributed by atoms with van der Waals surface area (Å²) in [4.78, 5) is 17.3. The number of nitrogens with zero attached hydrogens (tertiary/aromatic N) is 5. The Morgan fingerprint density at radius 1 is 1.10 bits per heavy atom. The molecule has 3 heterocycles. The molecule has 6 nitrogen and oxygen atoms in total. The molecule has 1 saturated heterocycles. The second-order valence-corrected chi connectivity index (χ2v) is 10.3. The second kappa shape index (κ2) is 6.79. The maximum atomic E-state index is 12.7. The highest BCUT2D eigenvalue weighted by atomic mass is 35.5. The van der Waals surface area contributed by atoms with Gasteiger partial charge in [-0.1, -0.05) is 18.5 Å². The first-order valence-electron chi connectivity index (χ1n) is 11.3. The monoisotopic (exact) mass is 425 g/mol. The largest absolute Gasteiger partial charge is 0.342 e. The van der Waals surface area contributed by atoms with Crippen LogP contribution in [0.15, 0.2) is 18.2 Å². The molecule has 0 bridgehead atoms. The van der Waals surface area contributed by atoms with Crippen LogP contribution in [0.25, 0.3) is 5.69 Å². The zero-order chi connectivity index (χ0) is 20.5. The number of hydrogen-bond acceptors (Lipinski definition) is 4. The standard InChI is InChI=1S/C23H28ClN5O/c1-23(8-9-23)22(30)27-10-6-15(7-11-27)21-26-25-20-14-28(18-3-4-18)13-16-12-17(24)2-5-19(16)29(20)21/h2,5,12,15,18H,3-4,6-11,13-14H2,1H3. The lowest BCUT2D eigenvalue weighted by Crippen LogP contribution is -2.41. The van der Waals surface area contributed by atoms with Crippen molar-refractivity contribution in [3.63, 3.8) is 0 Å². The Labute approximate surface area is 182 Å². The van der Waals surface area contributed by atoms with E-state index >= 15 is 0 Å². The first-order chi connectivity index (χ1) is 14.5. The van der Waals surface area contributed by atoms with Crippen LogP contribution >= 0.6 is 11.6 Å². The lowest BCUT2D eigenvalue weighted by molar-refractivity contribution is -0.137. The van der Waals surface area contributed by atoms with Gasteiger partial charge in [-0.3, -0.25) is 14.3 Å². The highest BCUT2D eigenvalue weighted by Crippen LogP contribution is 2.47. The van der Waals surface area contributed by atoms with Crippen molar-refractivity contribution >= 4 is 17.5 Å². The first kappa shape index (κ1) is 18.8. The normalized spacial score (nSPS) is 23.6. The minimum absolute atomic E-state index is 0.0801. The molecule has 1 amide bonds. The number of piperidine rings is 1. The topological polar surface area (TPSA) is 54.3 Å². The number of amides is 1. The molecule has 0 N–H and O–H groups in total. The maximum absolute atomic E-state index is 12.7. The quantitative estimate of drug-likeness (QED) is 0.748. The van der Waals surface area contributed by atoms with Gasteiger partial charge < -0.3 is 4.90 Å². The third kappa shape index (κ3) is 3.16. The first-order valence-corrected chi connectivity index (χ1v) is 11.7. The summed E-state index contributed by atoms with van der Waals surface area (Å²) in [6.45, 7) is 5.49. The minimum Gasteiger partial charge on any atom is -0.342 e. The maximum Gasteiger partial charge on any atom is 0.228 e. The highest BCUT2D eigenvalue weighted by molar-refractivity contribution is 6.30. The van der Waals surface area contributed by atoms with Crippen LogP contribution in [0.3, 0.4) is 0 Å². The van der Waals surface area contributed by atoms with Crippen molar-refractivity contribution in [3.05, 3.63) is 40.4 Å². The van der Waals surface area contributed by atoms with Crippen LogP contribution in [0.4, 0.5) is 0 Å². The van der Waals surface area contributed by atoms with Gasteiger partial charge in [-0.2, -0.15) is 0 Å². The zero-order valence-electron chi connectivity index (χ0n) is 17.5. The molecule has 7 heteroatoms. The third-order valence-corrected chi connectivity index (χ3v) is 7.72. The minimum atomic E-state index is -0.0801. The van der Waals surface area contributed by atoms with Gasteiger partial charge in [-0.25, -0.2) is 0 Å². The summed E-state index contributed by atoms with van der Waals surface area (Å²) in [5.41, 5.74) is 2.34. The summed E-state index contributed by atoms with van der Waals surface area (Å²) in [7, 11) is 0. The van der Waals surface area contributed by atoms with E-state index in [-0.39, 0.29) is 5.41 Å². The van der Waals surface area contributed by atoms with Crippen molar-refractivity contribution in [2.45, 2.75) is 70.5 Å². The number of halogens is 1. The molecule has 3 fully saturated rings. The van der Waals surface area contributed by atoms with E-state index in [4.69, 9.17) is 11.6 Å². The number of fused-ring (bicyclic) bond motifs is 3. The number of hydrogen-bond donors (Lipinski definition) is 0. The summed E-state index contributed by atoms with van der Waals surface area (Å²) in [5.74, 6) is 2.76. The molecule has 1 aromatic heterocycles. The van der Waals surface area contributed by atoms with Gasteiger partial charge in [0.2, 0.25) is 5.91 Å². The van der Waals surface area contributed by atoms with Crippen molar-refractivity contribution in [3.8, 4) is 5.69 Å². The summed E-state index contributed by atoms with van der Waals surface area (Å²) < 4.78 is 2.29. The molecule has 0 unspecified atom stereocenters. The predicted octanol–water partition coefficient (Wildman–Crippen LogP) is 3.90. The van der Waals surface area contributed by atoms with Gasteiger partial charge in [0.25, 0.3) is 0 Å². The average Bonchev–Trinajstić information content (AvgIpc) is 3.67. The van der Waals surface area contributed by atoms with Crippen LogP contribution in [-0.2, 0) is 17.9 Å². The molecule has 2 saturated carbocycles. The van der Waals surface area contributed by atoms with E-state index in [1.54, 1.807) is 0 Å². The Hall–Kier alpha value is -1.92. The molecule has 2 aliphatic carbocycles. The zero-order valence-corrected chi connectivity index (χ0v) is 18.2. The van der Waals surface area contributed by atoms with Crippen LogP contribution in [0.5, 0.6) is 0 Å². The molecule has 2 aromatic rings. The summed E-state index contributed by atoms with van der Waals surface area (Å²) >= 11 is 6.35. The molecule has 0 radical (unpaired) electrons. The van der Waals surface area contributed by atoms with Crippen LogP contribution in [0.1, 0.15) is 68.6 Å². The van der Waals surface area contributed by atoms with E-state index in [1.165, 1.54) is 24.1 Å². The fourth-order valence-corrected chi connectivity index (χ4v) is 5.33. The Morgan fingerprint density at radius 3 is 2.57 bits per heavy atom. The molecule has 0 atom stereocenters. The SMILES string of the molecule is CC1(C(=O)N2CCC(c3nnc4n3-c3ccc(Cl)cc3CN(C3CC3)C4)CC2)CC1. The highest BCUT2D eigenvalue weighted by Gasteiger charge is 2.47. The number of carbonyl (C=O) groups is 1. The van der Waals surface area contributed by atoms with Crippen molar-refractivity contribution in [1.29, 1.82) is 0 Å². The third-order valence-electron chi connectivity index (χ3n) is 7.48. The molecule has 6 rings (SSSR count). The van der Waals surface area contributed by atoms with Crippen molar-refractivity contribution in [1.82, 2.24) is 24.6 Å². The molecule has 30 heavy (non-hydrogen) atoms. The number of aromatic nitrogens is 3. The number of carbonyl (C=O) groups excluding carboxylic acids is 1. The van der Waals surface area contributed by atoms with E-state index in [0.29, 0.717) is 17.9 Å². The molecule has 4 aliphatic rings. The van der Waals surface area contributed by atoms with E-state index in [2.05, 4.69) is 43.6 Å². The lowest BCUT2D eigenvalue weighted by Gasteiger charge is -2.33. The molecular formula is C23H28ClN5O. The molecule has 2 aliphatic heterocycles. The van der Waals surface area contributed by atoms with Gasteiger partial charge >= 0.3 is 0 Å². The van der Waals surface area contributed by atoms with Crippen LogP contribution in [0, 0.1) is 5.41 Å². The van der Waals surface area contributed by atoms with Gasteiger partial charge in [0.15, 0.2) is 5.82 Å². The van der Waals surface area contributed by atoms with E-state index in [9.17, 15) is 4.79 Å². The predicted molar refractivity (Wildman–Crippen MR) is 115 cm³/mol. The van der Waals surface area contributed by atoms with Crippen LogP contribution in [0.2, 0.25) is 5.02 Å². The van der Waals surface area contributed by atoms with Crippen LogP contribution < -0.4 is 0 Å². The molecular weight excluding hydrogens is 398 g/mol. The lowest BCUT2D eigenvalue weighted by atomic mass is 9.94. The summed E-state index contributed by atoms with van der Waals surface area (Å²) in [6, 6.07) is 6.85. The Morgan fingerprint density at radius 2 is 1.87 bits per heavy atom. The number of rotatable bonds is 3. The second-order valence-electron chi connectivity index (χ2n) is 9.85. The van der Waals surface area contributed by atoms with Gasteiger partial charge in [0, 0.05) is 42.0 Å². The Kier molecular flexibility index (Phi) is 4.26. The van der Waals surface area contributed by atoms with Gasteiger partial charge in [0.05, 0.1) is 12.2 Å². The Balaban J connectivity index is 1.30. The number of likely N-dealkylation sites (tertiary alicyclic amines) is 1. The van der Waals surface area contributed by atoms with E-state index < -0.39 is 0 Å². The van der Waals surface area contributed by atoms with Crippen molar-refractivity contribution in [2.75, 3.05) is 13.1 Å². The van der Waals surface area contributed by atoms with Crippen LogP contribution in [-0.4, -0.2) is 49.6 Å². The molecule has 0 spiro atoms. The number of benzene rings is 1. The van der Waals surface area contributed by atoms with Gasteiger partial charge in [-0.05, 0) is 62.3 Å². The fraction of sp³-hybridized carbons (Fsp3) is 0.609. The van der Waals surface area contributed by atoms with Gasteiger partial charge in [0.1, 0.15) is 5.82 Å². The Bertz CT molecular complexity index is 1000. The van der Waals surface area contributed by atoms with Crippen molar-refractivity contribution < 1.29 is 4.79 Å². The average molecular weight is 426 g/mol.